The minimum atomic E-state index is -3.16. The van der Waals surface area contributed by atoms with Crippen LogP contribution in [0.15, 0.2) is 29.2 Å². The first kappa shape index (κ1) is 9.68. The van der Waals surface area contributed by atoms with Gasteiger partial charge in [-0.05, 0) is 25.5 Å². The second kappa shape index (κ2) is 3.07. The largest absolute Gasteiger partial charge is 0.326 e. The molecule has 0 radical (unpaired) electrons. The topological polar surface area (TPSA) is 60.2 Å². The van der Waals surface area contributed by atoms with Gasteiger partial charge in [-0.15, -0.1) is 0 Å². The monoisotopic (exact) mass is 211 g/mol. The highest BCUT2D eigenvalue weighted by molar-refractivity contribution is 7.92. The minimum Gasteiger partial charge on any atom is -0.326 e. The third-order valence-corrected chi connectivity index (χ3v) is 4.80. The normalized spacial score (nSPS) is 26.1. The van der Waals surface area contributed by atoms with Gasteiger partial charge in [0.05, 0.1) is 10.1 Å². The molecule has 2 atom stereocenters. The molecule has 2 rings (SSSR count). The summed E-state index contributed by atoms with van der Waals surface area (Å²) in [5, 5.41) is -0.356. The van der Waals surface area contributed by atoms with E-state index in [1.165, 1.54) is 0 Å². The number of rotatable bonds is 2. The number of hydrogen-bond acceptors (Lipinski definition) is 3. The van der Waals surface area contributed by atoms with Crippen LogP contribution in [0.5, 0.6) is 0 Å². The highest BCUT2D eigenvalue weighted by Gasteiger charge is 2.45. The zero-order valence-corrected chi connectivity index (χ0v) is 8.79. The molecule has 0 unspecified atom stereocenters. The van der Waals surface area contributed by atoms with Crippen LogP contribution in [0, 0.1) is 6.92 Å². The Hall–Kier alpha value is -0.870. The summed E-state index contributed by atoms with van der Waals surface area (Å²) in [6.45, 7) is 1.93. The third kappa shape index (κ3) is 1.55. The van der Waals surface area contributed by atoms with Crippen molar-refractivity contribution in [3.05, 3.63) is 29.8 Å². The lowest BCUT2D eigenvalue weighted by Gasteiger charge is -2.02. The molecule has 0 aliphatic heterocycles. The van der Waals surface area contributed by atoms with Crippen LogP contribution < -0.4 is 5.73 Å². The molecule has 76 valence electrons. The number of benzene rings is 1. The summed E-state index contributed by atoms with van der Waals surface area (Å²) in [4.78, 5) is 0.390. The van der Waals surface area contributed by atoms with E-state index in [1.54, 1.807) is 24.3 Å². The molecule has 0 spiro atoms. The van der Waals surface area contributed by atoms with E-state index < -0.39 is 9.84 Å². The molecule has 0 bridgehead atoms. The van der Waals surface area contributed by atoms with Crippen molar-refractivity contribution in [2.24, 2.45) is 5.73 Å². The molecule has 3 nitrogen and oxygen atoms in total. The first-order chi connectivity index (χ1) is 6.51. The molecule has 1 aliphatic rings. The average Bonchev–Trinajstić information content (AvgIpc) is 2.84. The molecule has 0 aromatic heterocycles. The van der Waals surface area contributed by atoms with Crippen LogP contribution in [0.4, 0.5) is 0 Å². The number of hydrogen-bond donors (Lipinski definition) is 1. The summed E-state index contributed by atoms with van der Waals surface area (Å²) < 4.78 is 23.7. The van der Waals surface area contributed by atoms with E-state index in [0.29, 0.717) is 11.3 Å². The Morgan fingerprint density at radius 3 is 2.21 bits per heavy atom. The van der Waals surface area contributed by atoms with Gasteiger partial charge in [0.2, 0.25) is 0 Å². The fourth-order valence-electron chi connectivity index (χ4n) is 1.45. The Labute approximate surface area is 83.9 Å². The molecular formula is C10H13NO2S. The molecule has 1 aromatic rings. The lowest BCUT2D eigenvalue weighted by atomic mass is 10.2. The predicted molar refractivity (Wildman–Crippen MR) is 54.7 cm³/mol. The molecule has 14 heavy (non-hydrogen) atoms. The average molecular weight is 211 g/mol. The third-order valence-electron chi connectivity index (χ3n) is 2.53. The van der Waals surface area contributed by atoms with Gasteiger partial charge in [0.1, 0.15) is 0 Å². The molecular weight excluding hydrogens is 198 g/mol. The molecule has 0 heterocycles. The van der Waals surface area contributed by atoms with Crippen molar-refractivity contribution < 1.29 is 8.42 Å². The van der Waals surface area contributed by atoms with Gasteiger partial charge in [0, 0.05) is 6.04 Å². The number of aryl methyl sites for hydroxylation is 1. The Morgan fingerprint density at radius 2 is 1.79 bits per heavy atom. The van der Waals surface area contributed by atoms with Crippen LogP contribution in [-0.2, 0) is 9.84 Å². The fraction of sp³-hybridized carbons (Fsp3) is 0.400. The fourth-order valence-corrected chi connectivity index (χ4v) is 3.25. The van der Waals surface area contributed by atoms with E-state index in [0.717, 1.165) is 5.56 Å². The summed E-state index contributed by atoms with van der Waals surface area (Å²) in [7, 11) is -3.16. The van der Waals surface area contributed by atoms with Crippen molar-refractivity contribution >= 4 is 9.84 Å². The quantitative estimate of drug-likeness (QED) is 0.789. The van der Waals surface area contributed by atoms with Crippen LogP contribution in [0.25, 0.3) is 0 Å². The van der Waals surface area contributed by atoms with Crippen molar-refractivity contribution in [1.29, 1.82) is 0 Å². The summed E-state index contributed by atoms with van der Waals surface area (Å²) in [6, 6.07) is 6.74. The van der Waals surface area contributed by atoms with E-state index in [2.05, 4.69) is 0 Å². The van der Waals surface area contributed by atoms with Crippen LogP contribution in [0.3, 0.4) is 0 Å². The Morgan fingerprint density at radius 1 is 1.29 bits per heavy atom. The van der Waals surface area contributed by atoms with Gasteiger partial charge in [0.25, 0.3) is 0 Å². The molecule has 0 amide bonds. The SMILES string of the molecule is Cc1ccc(S(=O)(=O)[C@@H]2C[C@@H]2N)cc1. The zero-order valence-electron chi connectivity index (χ0n) is 7.97. The molecule has 1 saturated carbocycles. The van der Waals surface area contributed by atoms with Gasteiger partial charge in [-0.25, -0.2) is 8.42 Å². The second-order valence-corrected chi connectivity index (χ2v) is 5.96. The first-order valence-corrected chi connectivity index (χ1v) is 6.12. The molecule has 2 N–H and O–H groups in total. The van der Waals surface area contributed by atoms with E-state index in [1.807, 2.05) is 6.92 Å². The number of sulfone groups is 1. The molecule has 1 aromatic carbocycles. The first-order valence-electron chi connectivity index (χ1n) is 4.58. The maximum Gasteiger partial charge on any atom is 0.182 e. The van der Waals surface area contributed by atoms with Crippen molar-refractivity contribution in [3.63, 3.8) is 0 Å². The highest BCUT2D eigenvalue weighted by Crippen LogP contribution is 2.32. The Kier molecular flexibility index (Phi) is 2.12. The van der Waals surface area contributed by atoms with Crippen LogP contribution in [0.2, 0.25) is 0 Å². The minimum absolute atomic E-state index is 0.165. The Bertz CT molecular complexity index is 436. The van der Waals surface area contributed by atoms with Gasteiger partial charge in [-0.2, -0.15) is 0 Å². The van der Waals surface area contributed by atoms with Crippen LogP contribution >= 0.6 is 0 Å². The molecule has 0 saturated heterocycles. The van der Waals surface area contributed by atoms with Gasteiger partial charge in [0.15, 0.2) is 9.84 Å². The maximum atomic E-state index is 11.8. The van der Waals surface area contributed by atoms with E-state index in [4.69, 9.17) is 5.73 Å². The summed E-state index contributed by atoms with van der Waals surface area (Å²) in [6.07, 6.45) is 0.593. The molecule has 1 aliphatic carbocycles. The lowest BCUT2D eigenvalue weighted by Crippen LogP contribution is -2.15. The number of nitrogens with two attached hydrogens (primary N) is 1. The van der Waals surface area contributed by atoms with Crippen molar-refractivity contribution in [1.82, 2.24) is 0 Å². The van der Waals surface area contributed by atoms with Gasteiger partial charge >= 0.3 is 0 Å². The lowest BCUT2D eigenvalue weighted by molar-refractivity contribution is 0.594. The van der Waals surface area contributed by atoms with Crippen molar-refractivity contribution in [3.8, 4) is 0 Å². The smallest absolute Gasteiger partial charge is 0.182 e. The van der Waals surface area contributed by atoms with E-state index in [9.17, 15) is 8.42 Å². The standard InChI is InChI=1S/C10H13NO2S/c1-7-2-4-8(5-3-7)14(12,13)10-6-9(10)11/h2-5,9-10H,6,11H2,1H3/t9-,10+/m0/s1. The maximum absolute atomic E-state index is 11.8. The van der Waals surface area contributed by atoms with Crippen molar-refractivity contribution in [2.45, 2.75) is 29.5 Å². The van der Waals surface area contributed by atoms with Crippen LogP contribution in [0.1, 0.15) is 12.0 Å². The zero-order chi connectivity index (χ0) is 10.3. The Balaban J connectivity index is 2.35. The molecule has 4 heteroatoms. The predicted octanol–water partition coefficient (Wildman–Crippen LogP) is 0.868. The second-order valence-electron chi connectivity index (χ2n) is 3.80. The van der Waals surface area contributed by atoms with Gasteiger partial charge in [-0.1, -0.05) is 17.7 Å². The van der Waals surface area contributed by atoms with Gasteiger partial charge < -0.3 is 5.73 Å². The summed E-state index contributed by atoms with van der Waals surface area (Å²) in [5.41, 5.74) is 6.60. The van der Waals surface area contributed by atoms with Gasteiger partial charge in [-0.3, -0.25) is 0 Å². The summed E-state index contributed by atoms with van der Waals surface area (Å²) in [5.74, 6) is 0. The molecule has 1 fully saturated rings. The highest BCUT2D eigenvalue weighted by atomic mass is 32.2. The summed E-state index contributed by atoms with van der Waals surface area (Å²) >= 11 is 0. The van der Waals surface area contributed by atoms with Crippen molar-refractivity contribution in [2.75, 3.05) is 0 Å². The van der Waals surface area contributed by atoms with E-state index >= 15 is 0 Å². The van der Waals surface area contributed by atoms with E-state index in [-0.39, 0.29) is 11.3 Å². The van der Waals surface area contributed by atoms with Crippen LogP contribution in [-0.4, -0.2) is 19.7 Å².